The average Bonchev–Trinajstić information content (AvgIpc) is 3.27. The zero-order valence-corrected chi connectivity index (χ0v) is 14.9. The largest absolute Gasteiger partial charge is 0.478 e. The normalized spacial score (nSPS) is 25.9. The van der Waals surface area contributed by atoms with Crippen molar-refractivity contribution in [2.45, 2.75) is 32.3 Å². The Morgan fingerprint density at radius 1 is 0.885 bits per heavy atom. The highest BCUT2D eigenvalue weighted by Crippen LogP contribution is 2.49. The second kappa shape index (κ2) is 8.17. The third kappa shape index (κ3) is 4.13. The molecular weight excluding hydrogens is 328 g/mol. The van der Waals surface area contributed by atoms with Gasteiger partial charge in [-0.05, 0) is 61.3 Å². The summed E-state index contributed by atoms with van der Waals surface area (Å²) in [5.41, 5.74) is 1.000. The van der Waals surface area contributed by atoms with E-state index in [1.807, 2.05) is 30.3 Å². The second-order valence-corrected chi connectivity index (χ2v) is 7.10. The van der Waals surface area contributed by atoms with Gasteiger partial charge in [-0.3, -0.25) is 0 Å². The first-order valence-corrected chi connectivity index (χ1v) is 9.10. The topological polar surface area (TPSA) is 63.6 Å². The van der Waals surface area contributed by atoms with E-state index >= 15 is 0 Å². The molecule has 0 aromatic heterocycles. The van der Waals surface area contributed by atoms with Crippen LogP contribution < -0.4 is 0 Å². The molecule has 0 heterocycles. The fraction of sp³-hybridized carbons (Fsp3) is 0.364. The van der Waals surface area contributed by atoms with Crippen molar-refractivity contribution in [2.75, 3.05) is 0 Å². The number of hydrogen-bond acceptors (Lipinski definition) is 3. The summed E-state index contributed by atoms with van der Waals surface area (Å²) in [5, 5.41) is 8.38. The van der Waals surface area contributed by atoms with Gasteiger partial charge >= 0.3 is 11.9 Å². The van der Waals surface area contributed by atoms with Crippen molar-refractivity contribution >= 4 is 11.9 Å². The molecule has 4 heteroatoms. The minimum absolute atomic E-state index is 0.154. The summed E-state index contributed by atoms with van der Waals surface area (Å²) < 4.78 is 5.70. The number of hydrogen-bond donors (Lipinski definition) is 1. The van der Waals surface area contributed by atoms with Gasteiger partial charge in [-0.2, -0.15) is 0 Å². The van der Waals surface area contributed by atoms with Crippen LogP contribution in [-0.2, 0) is 4.74 Å². The molecule has 0 spiro atoms. The fourth-order valence-corrected chi connectivity index (χ4v) is 4.08. The van der Waals surface area contributed by atoms with Gasteiger partial charge in [-0.25, -0.2) is 9.59 Å². The SMILES string of the molecule is CC1C2CCC(C2)C1OC(=O)c1ccccc1.O=C(O)c1ccccc1. The lowest BCUT2D eigenvalue weighted by Gasteiger charge is -2.27. The number of carbonyl (C=O) groups excluding carboxylic acids is 1. The van der Waals surface area contributed by atoms with Crippen LogP contribution in [0, 0.1) is 17.8 Å². The molecule has 0 aliphatic heterocycles. The molecule has 2 aromatic carbocycles. The van der Waals surface area contributed by atoms with E-state index in [1.54, 1.807) is 30.3 Å². The Hall–Kier alpha value is -2.62. The van der Waals surface area contributed by atoms with E-state index in [0.717, 1.165) is 5.92 Å². The molecular formula is C22H24O4. The first-order valence-electron chi connectivity index (χ1n) is 9.10. The van der Waals surface area contributed by atoms with Gasteiger partial charge < -0.3 is 9.84 Å². The van der Waals surface area contributed by atoms with Crippen LogP contribution in [0.25, 0.3) is 0 Å². The summed E-state index contributed by atoms with van der Waals surface area (Å²) in [6.07, 6.45) is 3.97. The van der Waals surface area contributed by atoms with Crippen molar-refractivity contribution in [1.82, 2.24) is 0 Å². The highest BCUT2D eigenvalue weighted by atomic mass is 16.5. The van der Waals surface area contributed by atoms with E-state index in [0.29, 0.717) is 23.0 Å². The minimum atomic E-state index is -0.879. The molecule has 0 saturated heterocycles. The number of aromatic carboxylic acids is 1. The molecule has 4 unspecified atom stereocenters. The molecule has 1 N–H and O–H groups in total. The molecule has 2 aliphatic rings. The van der Waals surface area contributed by atoms with Crippen molar-refractivity contribution < 1.29 is 19.4 Å². The minimum Gasteiger partial charge on any atom is -0.478 e. The summed E-state index contributed by atoms with van der Waals surface area (Å²) in [6, 6.07) is 17.6. The van der Waals surface area contributed by atoms with Gasteiger partial charge in [0.25, 0.3) is 0 Å². The molecule has 0 amide bonds. The van der Waals surface area contributed by atoms with E-state index < -0.39 is 5.97 Å². The lowest BCUT2D eigenvalue weighted by atomic mass is 9.88. The summed E-state index contributed by atoms with van der Waals surface area (Å²) in [5.74, 6) is 0.906. The van der Waals surface area contributed by atoms with Gasteiger partial charge in [-0.15, -0.1) is 0 Å². The lowest BCUT2D eigenvalue weighted by Crippen LogP contribution is -2.30. The van der Waals surface area contributed by atoms with Crippen molar-refractivity contribution in [2.24, 2.45) is 17.8 Å². The van der Waals surface area contributed by atoms with Crippen LogP contribution in [0.1, 0.15) is 46.9 Å². The Balaban J connectivity index is 0.000000185. The highest BCUT2D eigenvalue weighted by molar-refractivity contribution is 5.89. The molecule has 2 saturated carbocycles. The van der Waals surface area contributed by atoms with Crippen LogP contribution in [0.15, 0.2) is 60.7 Å². The third-order valence-electron chi connectivity index (χ3n) is 5.51. The van der Waals surface area contributed by atoms with Crippen molar-refractivity contribution in [1.29, 1.82) is 0 Å². The molecule has 26 heavy (non-hydrogen) atoms. The maximum Gasteiger partial charge on any atom is 0.338 e. The van der Waals surface area contributed by atoms with Crippen molar-refractivity contribution in [3.63, 3.8) is 0 Å². The first kappa shape index (κ1) is 18.2. The molecule has 4 nitrogen and oxygen atoms in total. The van der Waals surface area contributed by atoms with Gasteiger partial charge in [0, 0.05) is 0 Å². The van der Waals surface area contributed by atoms with Crippen molar-refractivity contribution in [3.05, 3.63) is 71.8 Å². The van der Waals surface area contributed by atoms with E-state index in [2.05, 4.69) is 6.92 Å². The molecule has 2 bridgehead atoms. The van der Waals surface area contributed by atoms with Gasteiger partial charge in [0.1, 0.15) is 6.10 Å². The molecule has 0 radical (unpaired) electrons. The highest BCUT2D eigenvalue weighted by Gasteiger charge is 2.47. The monoisotopic (exact) mass is 352 g/mol. The van der Waals surface area contributed by atoms with Crippen molar-refractivity contribution in [3.8, 4) is 0 Å². The molecule has 4 atom stereocenters. The smallest absolute Gasteiger partial charge is 0.338 e. The maximum absolute atomic E-state index is 12.0. The van der Waals surface area contributed by atoms with Crippen LogP contribution in [0.4, 0.5) is 0 Å². The predicted molar refractivity (Wildman–Crippen MR) is 99.0 cm³/mol. The number of ether oxygens (including phenoxy) is 1. The van der Waals surface area contributed by atoms with E-state index in [4.69, 9.17) is 9.84 Å². The molecule has 2 aliphatic carbocycles. The average molecular weight is 352 g/mol. The van der Waals surface area contributed by atoms with Crippen LogP contribution in [-0.4, -0.2) is 23.1 Å². The number of carboxylic acids is 1. The Morgan fingerprint density at radius 2 is 1.42 bits per heavy atom. The summed E-state index contributed by atoms with van der Waals surface area (Å²) >= 11 is 0. The molecule has 2 aromatic rings. The van der Waals surface area contributed by atoms with Crippen LogP contribution in [0.5, 0.6) is 0 Å². The Labute approximate surface area is 153 Å². The number of carbonyl (C=O) groups is 2. The Kier molecular flexibility index (Phi) is 5.71. The Morgan fingerprint density at radius 3 is 1.88 bits per heavy atom. The maximum atomic E-state index is 12.0. The fourth-order valence-electron chi connectivity index (χ4n) is 4.08. The van der Waals surface area contributed by atoms with Gasteiger partial charge in [-0.1, -0.05) is 43.3 Å². The molecule has 4 rings (SSSR count). The van der Waals surface area contributed by atoms with Gasteiger partial charge in [0.2, 0.25) is 0 Å². The number of esters is 1. The molecule has 2 fully saturated rings. The summed E-state index contributed by atoms with van der Waals surface area (Å²) in [4.78, 5) is 22.2. The van der Waals surface area contributed by atoms with E-state index in [1.165, 1.54) is 19.3 Å². The standard InChI is InChI=1S/C15H18O2.C7H6O2/c1-10-12-7-8-13(9-12)14(10)17-15(16)11-5-3-2-4-6-11;8-7(9)6-4-2-1-3-5-6/h2-6,10,12-14H,7-9H2,1H3;1-5H,(H,8,9). The van der Waals surface area contributed by atoms with Crippen LogP contribution >= 0.6 is 0 Å². The first-order chi connectivity index (χ1) is 12.6. The number of benzene rings is 2. The van der Waals surface area contributed by atoms with Gasteiger partial charge in [0.05, 0.1) is 11.1 Å². The predicted octanol–water partition coefficient (Wildman–Crippen LogP) is 4.66. The summed E-state index contributed by atoms with van der Waals surface area (Å²) in [6.45, 7) is 2.23. The Bertz CT molecular complexity index is 739. The van der Waals surface area contributed by atoms with Crippen LogP contribution in [0.2, 0.25) is 0 Å². The van der Waals surface area contributed by atoms with Crippen LogP contribution in [0.3, 0.4) is 0 Å². The quantitative estimate of drug-likeness (QED) is 0.816. The zero-order chi connectivity index (χ0) is 18.5. The van der Waals surface area contributed by atoms with Gasteiger partial charge in [0.15, 0.2) is 0 Å². The molecule has 136 valence electrons. The number of rotatable bonds is 3. The second-order valence-electron chi connectivity index (χ2n) is 7.10. The number of carboxylic acid groups (broad SMARTS) is 1. The van der Waals surface area contributed by atoms with E-state index in [9.17, 15) is 9.59 Å². The third-order valence-corrected chi connectivity index (χ3v) is 5.51. The van der Waals surface area contributed by atoms with E-state index in [-0.39, 0.29) is 12.1 Å². The number of fused-ring (bicyclic) bond motifs is 2. The zero-order valence-electron chi connectivity index (χ0n) is 14.9. The lowest BCUT2D eigenvalue weighted by molar-refractivity contribution is -0.000404. The summed E-state index contributed by atoms with van der Waals surface area (Å²) in [7, 11) is 0.